The van der Waals surface area contributed by atoms with Crippen LogP contribution in [0.1, 0.15) is 36.3 Å². The zero-order chi connectivity index (χ0) is 11.8. The molecule has 0 radical (unpaired) electrons. The molecule has 0 atom stereocenters. The lowest BCUT2D eigenvalue weighted by Gasteiger charge is -1.99. The first-order chi connectivity index (χ1) is 7.81. The van der Waals surface area contributed by atoms with E-state index in [1.54, 1.807) is 0 Å². The quantitative estimate of drug-likeness (QED) is 0.711. The van der Waals surface area contributed by atoms with Gasteiger partial charge in [-0.25, -0.2) is 4.98 Å². The van der Waals surface area contributed by atoms with Crippen molar-refractivity contribution in [3.63, 3.8) is 0 Å². The van der Waals surface area contributed by atoms with Gasteiger partial charge in [-0.2, -0.15) is 0 Å². The van der Waals surface area contributed by atoms with Gasteiger partial charge in [-0.1, -0.05) is 13.8 Å². The van der Waals surface area contributed by atoms with Gasteiger partial charge < -0.3 is 10.1 Å². The predicted molar refractivity (Wildman–Crippen MR) is 69.1 cm³/mol. The van der Waals surface area contributed by atoms with E-state index in [4.69, 9.17) is 4.74 Å². The summed E-state index contributed by atoms with van der Waals surface area (Å²) in [5.74, 6) is 0. The molecule has 0 aliphatic heterocycles. The van der Waals surface area contributed by atoms with Crippen LogP contribution in [-0.4, -0.2) is 24.7 Å². The average molecular weight is 242 g/mol. The van der Waals surface area contributed by atoms with Crippen LogP contribution >= 0.6 is 11.3 Å². The molecule has 0 aliphatic carbocycles. The number of nitrogens with one attached hydrogen (secondary N) is 1. The van der Waals surface area contributed by atoms with Gasteiger partial charge in [-0.15, -0.1) is 11.3 Å². The first-order valence-corrected chi connectivity index (χ1v) is 6.89. The van der Waals surface area contributed by atoms with Crippen molar-refractivity contribution in [3.05, 3.63) is 15.6 Å². The molecule has 1 N–H and O–H groups in total. The summed E-state index contributed by atoms with van der Waals surface area (Å²) in [5.41, 5.74) is 1.25. The Hall–Kier alpha value is -0.450. The van der Waals surface area contributed by atoms with Gasteiger partial charge in [0.2, 0.25) is 0 Å². The van der Waals surface area contributed by atoms with Gasteiger partial charge in [0, 0.05) is 24.4 Å². The Bertz CT molecular complexity index is 299. The summed E-state index contributed by atoms with van der Waals surface area (Å²) in [4.78, 5) is 6.04. The van der Waals surface area contributed by atoms with Gasteiger partial charge >= 0.3 is 0 Å². The minimum Gasteiger partial charge on any atom is -0.381 e. The van der Waals surface area contributed by atoms with Gasteiger partial charge in [0.05, 0.1) is 17.3 Å². The third kappa shape index (κ3) is 4.20. The van der Waals surface area contributed by atoms with Gasteiger partial charge in [-0.05, 0) is 19.9 Å². The summed E-state index contributed by atoms with van der Waals surface area (Å²) in [5, 5.41) is 4.57. The minimum atomic E-state index is 0.786. The van der Waals surface area contributed by atoms with Crippen LogP contribution < -0.4 is 5.32 Å². The van der Waals surface area contributed by atoms with Crippen LogP contribution in [0.3, 0.4) is 0 Å². The molecule has 1 heterocycles. The van der Waals surface area contributed by atoms with Crippen LogP contribution in [0, 0.1) is 0 Å². The zero-order valence-electron chi connectivity index (χ0n) is 10.5. The number of rotatable bonds is 8. The molecule has 0 spiro atoms. The molecule has 0 aliphatic rings. The van der Waals surface area contributed by atoms with Crippen molar-refractivity contribution in [3.8, 4) is 0 Å². The molecule has 92 valence electrons. The summed E-state index contributed by atoms with van der Waals surface area (Å²) in [7, 11) is 0. The Morgan fingerprint density at radius 3 is 2.75 bits per heavy atom. The second-order valence-corrected chi connectivity index (χ2v) is 4.73. The second kappa shape index (κ2) is 7.76. The van der Waals surface area contributed by atoms with Gasteiger partial charge in [0.15, 0.2) is 0 Å². The molecule has 1 aromatic rings. The van der Waals surface area contributed by atoms with Crippen molar-refractivity contribution in [1.29, 1.82) is 0 Å². The number of nitrogens with zero attached hydrogens (tertiary/aromatic N) is 1. The normalized spacial score (nSPS) is 10.9. The molecule has 1 aromatic heterocycles. The monoisotopic (exact) mass is 242 g/mol. The van der Waals surface area contributed by atoms with Crippen molar-refractivity contribution < 1.29 is 4.74 Å². The van der Waals surface area contributed by atoms with E-state index in [1.807, 2.05) is 18.3 Å². The first-order valence-electron chi connectivity index (χ1n) is 6.07. The van der Waals surface area contributed by atoms with Crippen LogP contribution in [0.4, 0.5) is 0 Å². The van der Waals surface area contributed by atoms with Crippen molar-refractivity contribution in [2.24, 2.45) is 0 Å². The lowest BCUT2D eigenvalue weighted by Crippen LogP contribution is -2.11. The van der Waals surface area contributed by atoms with Crippen LogP contribution in [0.5, 0.6) is 0 Å². The number of ether oxygens (including phenoxy) is 1. The third-order valence-corrected chi connectivity index (χ3v) is 3.51. The third-order valence-electron chi connectivity index (χ3n) is 2.36. The lowest BCUT2D eigenvalue weighted by molar-refractivity contribution is 0.151. The molecular formula is C12H22N2OS. The van der Waals surface area contributed by atoms with E-state index in [-0.39, 0.29) is 0 Å². The minimum absolute atomic E-state index is 0.786. The Kier molecular flexibility index (Phi) is 6.61. The summed E-state index contributed by atoms with van der Waals surface area (Å²) < 4.78 is 5.35. The average Bonchev–Trinajstić information content (AvgIpc) is 2.69. The fourth-order valence-corrected chi connectivity index (χ4v) is 2.61. The van der Waals surface area contributed by atoms with Crippen LogP contribution in [-0.2, 0) is 24.1 Å². The number of thiazole rings is 1. The summed E-state index contributed by atoms with van der Waals surface area (Å²) in [6.07, 6.45) is 1.96. The maximum absolute atomic E-state index is 5.35. The molecular weight excluding hydrogens is 220 g/mol. The highest BCUT2D eigenvalue weighted by Gasteiger charge is 2.08. The molecule has 1 rings (SSSR count). The van der Waals surface area contributed by atoms with E-state index >= 15 is 0 Å². The highest BCUT2D eigenvalue weighted by atomic mass is 32.1. The topological polar surface area (TPSA) is 34.1 Å². The van der Waals surface area contributed by atoms with E-state index < -0.39 is 0 Å². The molecule has 0 unspecified atom stereocenters. The van der Waals surface area contributed by atoms with Crippen molar-refractivity contribution in [1.82, 2.24) is 10.3 Å². The molecule has 3 nitrogen and oxygen atoms in total. The largest absolute Gasteiger partial charge is 0.381 e. The Morgan fingerprint density at radius 2 is 2.12 bits per heavy atom. The van der Waals surface area contributed by atoms with Crippen molar-refractivity contribution in [2.75, 3.05) is 19.8 Å². The molecule has 0 bridgehead atoms. The second-order valence-electron chi connectivity index (χ2n) is 3.56. The van der Waals surface area contributed by atoms with E-state index in [0.29, 0.717) is 0 Å². The molecule has 4 heteroatoms. The van der Waals surface area contributed by atoms with E-state index in [2.05, 4.69) is 24.1 Å². The molecule has 0 fully saturated rings. The Morgan fingerprint density at radius 1 is 1.31 bits per heavy atom. The SMILES string of the molecule is CCNCc1sc(CCOCC)nc1CC. The van der Waals surface area contributed by atoms with E-state index in [9.17, 15) is 0 Å². The highest BCUT2D eigenvalue weighted by Crippen LogP contribution is 2.19. The Labute approximate surface area is 102 Å². The molecule has 0 saturated carbocycles. The van der Waals surface area contributed by atoms with Gasteiger partial charge in [0.25, 0.3) is 0 Å². The summed E-state index contributed by atoms with van der Waals surface area (Å²) in [6, 6.07) is 0. The van der Waals surface area contributed by atoms with E-state index in [1.165, 1.54) is 15.6 Å². The maximum atomic E-state index is 5.35. The van der Waals surface area contributed by atoms with Crippen LogP contribution in [0.2, 0.25) is 0 Å². The van der Waals surface area contributed by atoms with E-state index in [0.717, 1.165) is 39.1 Å². The smallest absolute Gasteiger partial charge is 0.0954 e. The number of aromatic nitrogens is 1. The van der Waals surface area contributed by atoms with Crippen molar-refractivity contribution >= 4 is 11.3 Å². The molecule has 0 amide bonds. The maximum Gasteiger partial charge on any atom is 0.0954 e. The van der Waals surface area contributed by atoms with Crippen LogP contribution in [0.25, 0.3) is 0 Å². The number of hydrogen-bond acceptors (Lipinski definition) is 4. The fraction of sp³-hybridized carbons (Fsp3) is 0.750. The Balaban J connectivity index is 2.54. The summed E-state index contributed by atoms with van der Waals surface area (Å²) >= 11 is 1.82. The standard InChI is InChI=1S/C12H22N2OS/c1-4-10-11(9-13-5-2)16-12(14-10)7-8-15-6-3/h13H,4-9H2,1-3H3. The first kappa shape index (κ1) is 13.6. The molecule has 0 saturated heterocycles. The van der Waals surface area contributed by atoms with Crippen LogP contribution in [0.15, 0.2) is 0 Å². The summed E-state index contributed by atoms with van der Waals surface area (Å²) in [6.45, 7) is 9.85. The highest BCUT2D eigenvalue weighted by molar-refractivity contribution is 7.11. The number of hydrogen-bond donors (Lipinski definition) is 1. The fourth-order valence-electron chi connectivity index (χ4n) is 1.50. The molecule has 0 aromatic carbocycles. The van der Waals surface area contributed by atoms with Crippen molar-refractivity contribution in [2.45, 2.75) is 40.2 Å². The lowest BCUT2D eigenvalue weighted by atomic mass is 10.3. The van der Waals surface area contributed by atoms with Gasteiger partial charge in [-0.3, -0.25) is 0 Å². The zero-order valence-corrected chi connectivity index (χ0v) is 11.3. The molecule has 16 heavy (non-hydrogen) atoms. The predicted octanol–water partition coefficient (Wildman–Crippen LogP) is 2.39. The van der Waals surface area contributed by atoms with Gasteiger partial charge in [0.1, 0.15) is 0 Å². The number of aryl methyl sites for hydroxylation is 1.